The number of pyridine rings is 1. The number of halogens is 1. The Morgan fingerprint density at radius 2 is 1.24 bits per heavy atom. The number of rotatable bonds is 6. The van der Waals surface area contributed by atoms with E-state index in [0.717, 1.165) is 26.7 Å². The van der Waals surface area contributed by atoms with Crippen LogP contribution in [0.2, 0.25) is 0 Å². The molecule has 0 amide bonds. The van der Waals surface area contributed by atoms with E-state index >= 15 is 0 Å². The molecule has 6 aromatic rings. The van der Waals surface area contributed by atoms with Crippen molar-refractivity contribution < 1.29 is 25.5 Å². The molecular formula is C29H20FN5PtSi. The Morgan fingerprint density at radius 3 is 1.78 bits per heavy atom. The van der Waals surface area contributed by atoms with Gasteiger partial charge in [0.05, 0.1) is 10.6 Å². The second kappa shape index (κ2) is 10.6. The maximum atomic E-state index is 14.0. The molecule has 8 heteroatoms. The van der Waals surface area contributed by atoms with Crippen LogP contribution >= 0.6 is 0 Å². The summed E-state index contributed by atoms with van der Waals surface area (Å²) in [6.07, 6.45) is 7.23. The van der Waals surface area contributed by atoms with Crippen molar-refractivity contribution in [1.82, 2.24) is 24.5 Å². The summed E-state index contributed by atoms with van der Waals surface area (Å²) >= 11 is 0. The molecule has 3 aromatic carbocycles. The fourth-order valence-corrected chi connectivity index (χ4v) is 8.91. The van der Waals surface area contributed by atoms with Gasteiger partial charge in [0.15, 0.2) is 0 Å². The number of hydrogen-bond acceptors (Lipinski definition) is 3. The zero-order valence-electron chi connectivity index (χ0n) is 19.5. The van der Waals surface area contributed by atoms with Crippen LogP contribution in [0.3, 0.4) is 0 Å². The summed E-state index contributed by atoms with van der Waals surface area (Å²) in [6.45, 7) is 0. The van der Waals surface area contributed by atoms with Crippen LogP contribution in [0.4, 0.5) is 4.39 Å². The first kappa shape index (κ1) is 24.7. The fourth-order valence-electron chi connectivity index (χ4n) is 4.58. The van der Waals surface area contributed by atoms with Crippen LogP contribution in [0.1, 0.15) is 0 Å². The smallest absolute Gasteiger partial charge is 0.389 e. The largest absolute Gasteiger partial charge is 2.00 e. The molecule has 0 bridgehead atoms. The predicted molar refractivity (Wildman–Crippen MR) is 140 cm³/mol. The van der Waals surface area contributed by atoms with E-state index in [1.807, 2.05) is 54.9 Å². The Bertz CT molecular complexity index is 1560. The van der Waals surface area contributed by atoms with Crippen molar-refractivity contribution in [3.05, 3.63) is 140 Å². The number of benzene rings is 3. The van der Waals surface area contributed by atoms with E-state index in [-0.39, 0.29) is 26.9 Å². The quantitative estimate of drug-likeness (QED) is 0.201. The summed E-state index contributed by atoms with van der Waals surface area (Å²) in [4.78, 5) is 4.22. The Hall–Kier alpha value is -3.93. The van der Waals surface area contributed by atoms with Crippen LogP contribution in [-0.2, 0) is 21.1 Å². The number of aromatic nitrogens is 5. The minimum Gasteiger partial charge on any atom is -0.389 e. The van der Waals surface area contributed by atoms with E-state index in [1.54, 1.807) is 33.9 Å². The van der Waals surface area contributed by atoms with Crippen LogP contribution in [-0.4, -0.2) is 32.6 Å². The molecule has 0 aliphatic rings. The van der Waals surface area contributed by atoms with Gasteiger partial charge >= 0.3 is 21.1 Å². The summed E-state index contributed by atoms with van der Waals surface area (Å²) in [5.74, 6) is -0.332. The molecule has 0 unspecified atom stereocenters. The molecule has 37 heavy (non-hydrogen) atoms. The van der Waals surface area contributed by atoms with E-state index in [4.69, 9.17) is 10.2 Å². The standard InChI is InChI=1S/C29H20FN5Si.Pt/c30-23-9-7-10-24(21-23)34-19-16-28(32-34)36(26-12-3-1-4-13-26,27-14-5-2-6-15-27)29-17-20-35(33-29)25-11-8-18-31-22-25;/h1-9,12-22H;/q-2;+2. The Kier molecular flexibility index (Phi) is 7.08. The van der Waals surface area contributed by atoms with Crippen molar-refractivity contribution in [2.45, 2.75) is 0 Å². The second-order valence-electron chi connectivity index (χ2n) is 8.29. The maximum Gasteiger partial charge on any atom is 2.00 e. The normalized spacial score (nSPS) is 11.2. The van der Waals surface area contributed by atoms with Crippen molar-refractivity contribution in [2.75, 3.05) is 0 Å². The Morgan fingerprint density at radius 1 is 0.676 bits per heavy atom. The first-order chi connectivity index (χ1) is 17.7. The zero-order valence-corrected chi connectivity index (χ0v) is 22.7. The van der Waals surface area contributed by atoms with Crippen LogP contribution in [0.15, 0.2) is 122 Å². The van der Waals surface area contributed by atoms with Crippen molar-refractivity contribution >= 4 is 29.1 Å². The van der Waals surface area contributed by atoms with Gasteiger partial charge in [-0.2, -0.15) is 34.5 Å². The van der Waals surface area contributed by atoms with E-state index in [1.165, 1.54) is 12.1 Å². The summed E-state index contributed by atoms with van der Waals surface area (Å²) < 4.78 is 17.5. The van der Waals surface area contributed by atoms with Crippen LogP contribution in [0, 0.1) is 17.9 Å². The summed E-state index contributed by atoms with van der Waals surface area (Å²) in [7, 11) is -2.94. The van der Waals surface area contributed by atoms with Gasteiger partial charge in [-0.15, -0.1) is 12.1 Å². The summed E-state index contributed by atoms with van der Waals surface area (Å²) in [5, 5.41) is 14.2. The minimum absolute atomic E-state index is 0. The molecule has 182 valence electrons. The average Bonchev–Trinajstić information content (AvgIpc) is 3.63. The van der Waals surface area contributed by atoms with Gasteiger partial charge in [-0.25, -0.2) is 4.39 Å². The third kappa shape index (κ3) is 4.52. The molecule has 0 fully saturated rings. The minimum atomic E-state index is -2.94. The van der Waals surface area contributed by atoms with Crippen molar-refractivity contribution in [1.29, 1.82) is 0 Å². The molecule has 3 heterocycles. The maximum absolute atomic E-state index is 14.0. The monoisotopic (exact) mass is 680 g/mol. The van der Waals surface area contributed by atoms with Gasteiger partial charge in [0, 0.05) is 18.2 Å². The van der Waals surface area contributed by atoms with E-state index < -0.39 is 8.07 Å². The molecule has 0 aliphatic heterocycles. The summed E-state index contributed by atoms with van der Waals surface area (Å²) in [6, 6.07) is 37.3. The van der Waals surface area contributed by atoms with Gasteiger partial charge in [0.25, 0.3) is 0 Å². The van der Waals surface area contributed by atoms with Gasteiger partial charge in [0.1, 0.15) is 0 Å². The van der Waals surface area contributed by atoms with Crippen molar-refractivity contribution in [3.63, 3.8) is 0 Å². The second-order valence-corrected chi connectivity index (χ2v) is 12.0. The molecule has 0 spiro atoms. The molecule has 3 aromatic heterocycles. The molecule has 0 saturated carbocycles. The van der Waals surface area contributed by atoms with Crippen molar-refractivity contribution in [3.8, 4) is 11.4 Å². The van der Waals surface area contributed by atoms with E-state index in [2.05, 4.69) is 47.4 Å². The first-order valence-electron chi connectivity index (χ1n) is 11.5. The van der Waals surface area contributed by atoms with E-state index in [0.29, 0.717) is 5.69 Å². The third-order valence-corrected chi connectivity index (χ3v) is 10.7. The Balaban J connectivity index is 0.00000280. The third-order valence-electron chi connectivity index (χ3n) is 6.19. The molecule has 0 N–H and O–H groups in total. The van der Waals surface area contributed by atoms with Gasteiger partial charge in [-0.3, -0.25) is 9.36 Å². The topological polar surface area (TPSA) is 48.5 Å². The summed E-state index contributed by atoms with van der Waals surface area (Å²) in [5.41, 5.74) is 1.30. The predicted octanol–water partition coefficient (Wildman–Crippen LogP) is 2.57. The molecule has 0 atom stereocenters. The van der Waals surface area contributed by atoms with Crippen LogP contribution in [0.25, 0.3) is 11.4 Å². The van der Waals surface area contributed by atoms with Gasteiger partial charge in [-0.05, 0) is 33.9 Å². The molecule has 5 nitrogen and oxygen atoms in total. The molecular weight excluding hydrogens is 661 g/mol. The Labute approximate surface area is 229 Å². The SMILES string of the molecule is Fc1cc[c-]c(-n2ccc([Si](c3ccccc3)(c3ccccc3)c3ccn(-c4[c-]ccnc4)n3)n2)c1.[Pt+2]. The average molecular weight is 681 g/mol. The molecule has 0 aliphatic carbocycles. The van der Waals surface area contributed by atoms with Crippen LogP contribution < -0.4 is 21.0 Å². The van der Waals surface area contributed by atoms with Gasteiger partial charge in [0.2, 0.25) is 8.07 Å². The molecule has 0 radical (unpaired) electrons. The number of hydrogen-bond donors (Lipinski definition) is 0. The van der Waals surface area contributed by atoms with Crippen LogP contribution in [0.5, 0.6) is 0 Å². The number of nitrogens with zero attached hydrogens (tertiary/aromatic N) is 5. The van der Waals surface area contributed by atoms with Gasteiger partial charge in [-0.1, -0.05) is 73.1 Å². The zero-order chi connectivity index (χ0) is 24.4. The van der Waals surface area contributed by atoms with E-state index in [9.17, 15) is 4.39 Å². The fraction of sp³-hybridized carbons (Fsp3) is 0. The van der Waals surface area contributed by atoms with Crippen molar-refractivity contribution in [2.24, 2.45) is 0 Å². The first-order valence-corrected chi connectivity index (χ1v) is 13.5. The molecule has 0 saturated heterocycles. The molecule has 6 rings (SSSR count). The van der Waals surface area contributed by atoms with Gasteiger partial charge < -0.3 is 4.98 Å².